The van der Waals surface area contributed by atoms with Crippen molar-refractivity contribution in [1.82, 2.24) is 20.9 Å². The molecule has 6 nitrogen and oxygen atoms in total. The number of amides is 2. The van der Waals surface area contributed by atoms with Gasteiger partial charge in [0.15, 0.2) is 0 Å². The molecule has 7 heteroatoms. The molecule has 2 amide bonds. The number of rotatable bonds is 8. The molecule has 0 saturated carbocycles. The normalized spacial score (nSPS) is 15.8. The first-order chi connectivity index (χ1) is 12.1. The molecule has 0 radical (unpaired) electrons. The fourth-order valence-corrected chi connectivity index (χ4v) is 2.92. The van der Waals surface area contributed by atoms with E-state index in [4.69, 9.17) is 0 Å². The molecule has 1 heterocycles. The molecule has 1 aromatic rings. The van der Waals surface area contributed by atoms with Gasteiger partial charge in [0.25, 0.3) is 0 Å². The van der Waals surface area contributed by atoms with Crippen molar-refractivity contribution in [3.8, 4) is 0 Å². The molecule has 2 rings (SSSR count). The van der Waals surface area contributed by atoms with Gasteiger partial charge in [0, 0.05) is 39.3 Å². The third-order valence-corrected chi connectivity index (χ3v) is 4.41. The number of carbonyl (C=O) groups excluding carboxylic acids is 2. The SMILES string of the molecule is CC(C)C(NC(=O)Cc1ccccc1)C(=O)NCCN1CCNCC1.Cl. The van der Waals surface area contributed by atoms with Crippen molar-refractivity contribution in [2.45, 2.75) is 26.3 Å². The zero-order valence-corrected chi connectivity index (χ0v) is 16.5. The summed E-state index contributed by atoms with van der Waals surface area (Å²) < 4.78 is 0. The van der Waals surface area contributed by atoms with E-state index in [1.165, 1.54) is 0 Å². The molecule has 0 aliphatic carbocycles. The largest absolute Gasteiger partial charge is 0.353 e. The highest BCUT2D eigenvalue weighted by molar-refractivity contribution is 5.88. The van der Waals surface area contributed by atoms with Gasteiger partial charge in [0.2, 0.25) is 11.8 Å². The molecule has 1 unspecified atom stereocenters. The van der Waals surface area contributed by atoms with Crippen LogP contribution in [0.25, 0.3) is 0 Å². The first kappa shape index (κ1) is 22.4. The predicted octanol–water partition coefficient (Wildman–Crippen LogP) is 0.813. The van der Waals surface area contributed by atoms with E-state index in [9.17, 15) is 9.59 Å². The van der Waals surface area contributed by atoms with Crippen LogP contribution in [0.5, 0.6) is 0 Å². The Labute approximate surface area is 162 Å². The second-order valence-electron chi connectivity index (χ2n) is 6.83. The van der Waals surface area contributed by atoms with Crippen LogP contribution in [0.3, 0.4) is 0 Å². The Kier molecular flexibility index (Phi) is 10.2. The standard InChI is InChI=1S/C19H30N4O2.ClH/c1-15(2)18(22-17(24)14-16-6-4-3-5-7-16)19(25)21-10-13-23-11-8-20-9-12-23;/h3-7,15,18,20H,8-14H2,1-2H3,(H,21,25)(H,22,24);1H. The zero-order valence-electron chi connectivity index (χ0n) is 15.7. The lowest BCUT2D eigenvalue weighted by Crippen LogP contribution is -2.52. The highest BCUT2D eigenvalue weighted by Gasteiger charge is 2.24. The van der Waals surface area contributed by atoms with Crippen LogP contribution >= 0.6 is 12.4 Å². The smallest absolute Gasteiger partial charge is 0.242 e. The minimum absolute atomic E-state index is 0. The highest BCUT2D eigenvalue weighted by Crippen LogP contribution is 2.04. The summed E-state index contributed by atoms with van der Waals surface area (Å²) >= 11 is 0. The predicted molar refractivity (Wildman–Crippen MR) is 106 cm³/mol. The third kappa shape index (κ3) is 7.72. The van der Waals surface area contributed by atoms with Gasteiger partial charge in [-0.1, -0.05) is 44.2 Å². The minimum Gasteiger partial charge on any atom is -0.353 e. The van der Waals surface area contributed by atoms with E-state index in [0.717, 1.165) is 38.3 Å². The number of nitrogens with zero attached hydrogens (tertiary/aromatic N) is 1. The summed E-state index contributed by atoms with van der Waals surface area (Å²) in [4.78, 5) is 27.0. The summed E-state index contributed by atoms with van der Waals surface area (Å²) in [7, 11) is 0. The summed E-state index contributed by atoms with van der Waals surface area (Å²) in [6.45, 7) is 9.37. The molecule has 26 heavy (non-hydrogen) atoms. The van der Waals surface area contributed by atoms with Crippen molar-refractivity contribution >= 4 is 24.2 Å². The number of nitrogens with one attached hydrogen (secondary N) is 3. The van der Waals surface area contributed by atoms with E-state index in [2.05, 4.69) is 20.9 Å². The Hall–Kier alpha value is -1.63. The van der Waals surface area contributed by atoms with E-state index < -0.39 is 6.04 Å². The van der Waals surface area contributed by atoms with Gasteiger partial charge in [0.1, 0.15) is 6.04 Å². The van der Waals surface area contributed by atoms with Crippen LogP contribution in [-0.2, 0) is 16.0 Å². The van der Waals surface area contributed by atoms with E-state index in [1.807, 2.05) is 44.2 Å². The summed E-state index contributed by atoms with van der Waals surface area (Å²) in [5, 5.41) is 9.16. The molecule has 1 aromatic carbocycles. The van der Waals surface area contributed by atoms with Gasteiger partial charge in [-0.2, -0.15) is 0 Å². The van der Waals surface area contributed by atoms with Crippen molar-refractivity contribution in [3.63, 3.8) is 0 Å². The van der Waals surface area contributed by atoms with E-state index in [-0.39, 0.29) is 36.6 Å². The Bertz CT molecular complexity index is 548. The van der Waals surface area contributed by atoms with Crippen LogP contribution < -0.4 is 16.0 Å². The number of halogens is 1. The molecular weight excluding hydrogens is 352 g/mol. The van der Waals surface area contributed by atoms with Crippen LogP contribution in [0.15, 0.2) is 30.3 Å². The molecular formula is C19H31ClN4O2. The number of hydrogen-bond acceptors (Lipinski definition) is 4. The topological polar surface area (TPSA) is 73.5 Å². The zero-order chi connectivity index (χ0) is 18.1. The molecule has 1 atom stereocenters. The lowest BCUT2D eigenvalue weighted by molar-refractivity contribution is -0.129. The second-order valence-corrected chi connectivity index (χ2v) is 6.83. The maximum absolute atomic E-state index is 12.5. The van der Waals surface area contributed by atoms with Gasteiger partial charge < -0.3 is 16.0 Å². The monoisotopic (exact) mass is 382 g/mol. The average Bonchev–Trinajstić information content (AvgIpc) is 2.61. The molecule has 146 valence electrons. The first-order valence-electron chi connectivity index (χ1n) is 9.10. The van der Waals surface area contributed by atoms with Crippen molar-refractivity contribution in [2.24, 2.45) is 5.92 Å². The van der Waals surface area contributed by atoms with Gasteiger partial charge in [0.05, 0.1) is 6.42 Å². The van der Waals surface area contributed by atoms with E-state index in [0.29, 0.717) is 6.54 Å². The van der Waals surface area contributed by atoms with Gasteiger partial charge >= 0.3 is 0 Å². The maximum atomic E-state index is 12.5. The Morgan fingerprint density at radius 3 is 2.42 bits per heavy atom. The fraction of sp³-hybridized carbons (Fsp3) is 0.579. The third-order valence-electron chi connectivity index (χ3n) is 4.41. The molecule has 0 bridgehead atoms. The van der Waals surface area contributed by atoms with Gasteiger partial charge in [-0.15, -0.1) is 12.4 Å². The van der Waals surface area contributed by atoms with Crippen LogP contribution in [0, 0.1) is 5.92 Å². The second kappa shape index (κ2) is 11.9. The molecule has 1 aliphatic rings. The molecule has 1 fully saturated rings. The lowest BCUT2D eigenvalue weighted by atomic mass is 10.0. The van der Waals surface area contributed by atoms with Crippen LogP contribution in [-0.4, -0.2) is 62.0 Å². The van der Waals surface area contributed by atoms with Crippen LogP contribution in [0.1, 0.15) is 19.4 Å². The summed E-state index contributed by atoms with van der Waals surface area (Å²) in [6.07, 6.45) is 0.290. The first-order valence-corrected chi connectivity index (χ1v) is 9.10. The fourth-order valence-electron chi connectivity index (χ4n) is 2.92. The molecule has 1 saturated heterocycles. The summed E-state index contributed by atoms with van der Waals surface area (Å²) in [5.41, 5.74) is 0.946. The number of hydrogen-bond donors (Lipinski definition) is 3. The highest BCUT2D eigenvalue weighted by atomic mass is 35.5. The number of benzene rings is 1. The Morgan fingerprint density at radius 2 is 1.81 bits per heavy atom. The molecule has 0 spiro atoms. The van der Waals surface area contributed by atoms with Crippen molar-refractivity contribution in [2.75, 3.05) is 39.3 Å². The summed E-state index contributed by atoms with van der Waals surface area (Å²) in [5.74, 6) is -0.187. The van der Waals surface area contributed by atoms with Gasteiger partial charge in [-0.3, -0.25) is 14.5 Å². The van der Waals surface area contributed by atoms with Crippen molar-refractivity contribution in [3.05, 3.63) is 35.9 Å². The number of carbonyl (C=O) groups is 2. The molecule has 1 aliphatic heterocycles. The van der Waals surface area contributed by atoms with Crippen molar-refractivity contribution in [1.29, 1.82) is 0 Å². The van der Waals surface area contributed by atoms with Crippen LogP contribution in [0.4, 0.5) is 0 Å². The average molecular weight is 383 g/mol. The molecule has 0 aromatic heterocycles. The van der Waals surface area contributed by atoms with Crippen molar-refractivity contribution < 1.29 is 9.59 Å². The maximum Gasteiger partial charge on any atom is 0.242 e. The van der Waals surface area contributed by atoms with Gasteiger partial charge in [-0.25, -0.2) is 0 Å². The van der Waals surface area contributed by atoms with E-state index in [1.54, 1.807) is 0 Å². The Morgan fingerprint density at radius 1 is 1.15 bits per heavy atom. The quantitative estimate of drug-likeness (QED) is 0.622. The summed E-state index contributed by atoms with van der Waals surface area (Å²) in [6, 6.07) is 9.06. The minimum atomic E-state index is -0.501. The molecule has 3 N–H and O–H groups in total. The van der Waals surface area contributed by atoms with Gasteiger partial charge in [-0.05, 0) is 11.5 Å². The van der Waals surface area contributed by atoms with Crippen LogP contribution in [0.2, 0.25) is 0 Å². The van der Waals surface area contributed by atoms with E-state index >= 15 is 0 Å². The number of piperazine rings is 1. The lowest BCUT2D eigenvalue weighted by Gasteiger charge is -2.28. The Balaban J connectivity index is 0.00000338.